The maximum absolute atomic E-state index is 13.6. The number of unbranched alkanes of at least 4 members (excludes halogenated alkanes) is 4. The van der Waals surface area contributed by atoms with E-state index in [1.165, 1.54) is 30.8 Å². The van der Waals surface area contributed by atoms with Gasteiger partial charge in [0.2, 0.25) is 41.0 Å². The number of phenolic OH excluding ortho intramolecular Hbond substituents is 1. The summed E-state index contributed by atoms with van der Waals surface area (Å²) < 4.78 is 88.2. The Morgan fingerprint density at radius 1 is 0.622 bits per heavy atom. The van der Waals surface area contributed by atoms with Crippen molar-refractivity contribution in [3.8, 4) is 17.1 Å². The second-order valence-corrected chi connectivity index (χ2v) is 35.0. The lowest BCUT2D eigenvalue weighted by Gasteiger charge is -2.45. The fourth-order valence-corrected chi connectivity index (χ4v) is 17.7. The number of pyridine rings is 2. The molecule has 9 heterocycles. The van der Waals surface area contributed by atoms with E-state index >= 15 is 0 Å². The number of Topliss-reactive ketones (excluding diaryl/α,β-unsaturated/α-hetero) is 1. The molecule has 135 heavy (non-hydrogen) atoms. The summed E-state index contributed by atoms with van der Waals surface area (Å²) in [4.78, 5) is 131. The van der Waals surface area contributed by atoms with Gasteiger partial charge in [-0.2, -0.15) is 11.8 Å². The van der Waals surface area contributed by atoms with Gasteiger partial charge in [0.05, 0.1) is 120 Å². The minimum absolute atomic E-state index is 0.0110. The zero-order valence-corrected chi connectivity index (χ0v) is 78.2. The number of ether oxygens (including phenoxy) is 15. The van der Waals surface area contributed by atoms with Crippen molar-refractivity contribution in [1.29, 1.82) is 0 Å². The second kappa shape index (κ2) is 54.9. The highest BCUT2D eigenvalue weighted by molar-refractivity contribution is 8.00. The van der Waals surface area contributed by atoms with Crippen LogP contribution in [-0.2, 0) is 152 Å². The smallest absolute Gasteiger partial charge is 0.355 e. The number of aromatic hydroxyl groups is 1. The van der Waals surface area contributed by atoms with Gasteiger partial charge < -0.3 is 143 Å². The van der Waals surface area contributed by atoms with Crippen LogP contribution in [-0.4, -0.2) is 365 Å². The molecule has 6 aliphatic heterocycles. The number of esters is 2. The molecule has 6 amide bonds. The van der Waals surface area contributed by atoms with Crippen LogP contribution in [0.15, 0.2) is 35.3 Å². The van der Waals surface area contributed by atoms with Crippen LogP contribution in [0.3, 0.4) is 0 Å². The molecule has 0 spiro atoms. The predicted octanol–water partition coefficient (Wildman–Crippen LogP) is -0.826. The van der Waals surface area contributed by atoms with Crippen LogP contribution in [0.25, 0.3) is 22.3 Å². The monoisotopic (exact) mass is 1930 g/mol. The lowest BCUT2D eigenvalue weighted by molar-refractivity contribution is -0.345. The molecule has 45 heteroatoms. The maximum Gasteiger partial charge on any atom is 0.355 e. The van der Waals surface area contributed by atoms with Crippen LogP contribution >= 0.6 is 11.8 Å². The molecular weight excluding hydrogens is 1800 g/mol. The molecule has 7 aliphatic rings. The summed E-state index contributed by atoms with van der Waals surface area (Å²) in [7, 11) is 2.73. The molecule has 754 valence electrons. The Kier molecular flexibility index (Phi) is 44.2. The number of methoxy groups -OCH3 is 1. The predicted molar refractivity (Wildman–Crippen MR) is 475 cm³/mol. The number of hydrogen-bond donors (Lipinski definition) is 13. The number of phenols is 1. The molecule has 11 rings (SSSR count). The molecule has 1 aliphatic carbocycles. The highest BCUT2D eigenvalue weighted by Gasteiger charge is 2.53. The molecule has 0 radical (unpaired) electrons. The fourth-order valence-electron chi connectivity index (χ4n) is 17.0. The Morgan fingerprint density at radius 3 is 1.83 bits per heavy atom. The number of cyclic esters (lactones) is 1. The number of aliphatic hydroxyl groups excluding tert-OH is 8. The average molecular weight is 1930 g/mol. The standard InChI is InChI=1S/C65H110N8O28S.C25H24N2O6/c1-66-50(78)38-94-39-51(79)68-19-25-92-29-30-93-26-20-72-34-42(70-71-72)32-69-49(77)13-7-5-9-22-95-60-45(100-63(89-2)58(86)55(60)83)36-98-65-59(87)56(84)61(46(101-65)37-97-64-57(85)54(82)53(81)44(35-74)99-64)96-23-8-4-6-12-48(76)67-18-24-91-28-27-90-21-10-11-43(75)41-16-14-40(15-17-41)33-73-52(80)31-47(102-3)62(73)88;1-4-14-15-9-13(28)7-8-19(15)26-22-16(14)11-27-20(22)10-18-17(23(27)30)12-32-24(31)25(18,6-3)33-21(29)5-2/h34,40-41,44-47,53-61,63-65,74,81-87H,4-33,35-39H2,1-3H3,(H,66,78)(H,67,76)(H,68,79)(H,69,77);7-10,28H,4-6,11-12H2,1-3H3/t40?,41?,44-,45-,46-,47?,53-,54+,55-,56-,57-,58-,59-,60-,61-,63+,64+,65+;25-/m10/s1. The van der Waals surface area contributed by atoms with Crippen LogP contribution in [0.4, 0.5) is 0 Å². The zero-order chi connectivity index (χ0) is 97.3. The molecule has 17 atom stereocenters. The third kappa shape index (κ3) is 30.1. The maximum atomic E-state index is 13.6. The van der Waals surface area contributed by atoms with Gasteiger partial charge in [0.1, 0.15) is 110 Å². The van der Waals surface area contributed by atoms with E-state index in [2.05, 4.69) is 31.6 Å². The third-order valence-corrected chi connectivity index (χ3v) is 25.6. The highest BCUT2D eigenvalue weighted by atomic mass is 32.2. The van der Waals surface area contributed by atoms with E-state index in [1.807, 2.05) is 13.2 Å². The minimum atomic E-state index is -1.78. The van der Waals surface area contributed by atoms with Crippen LogP contribution in [0.5, 0.6) is 5.75 Å². The number of likely N-dealkylation sites (N-methyl/N-ethyl adjacent to an activating group) is 1. The van der Waals surface area contributed by atoms with Crippen molar-refractivity contribution in [3.05, 3.63) is 68.8 Å². The van der Waals surface area contributed by atoms with E-state index in [1.54, 1.807) is 53.6 Å². The van der Waals surface area contributed by atoms with Crippen molar-refractivity contribution >= 4 is 75.8 Å². The van der Waals surface area contributed by atoms with Gasteiger partial charge in [-0.1, -0.05) is 38.8 Å². The number of hydrogen-bond acceptors (Lipinski definition) is 38. The molecule has 3 aromatic heterocycles. The Balaban J connectivity index is 0.000000472. The Labute approximate surface area is 785 Å². The SMILES string of the molecule is CCC(=O)O[C@]1(CC)C(=O)OCc2c1cc1n(c2=O)Cc2c-1nc1ccc(O)cc1c2CC.CNC(=O)COCC(=O)NCCOCCOCCn1cc(CNC(=O)CCCCCO[C@H]2[C@H](O)[C@@H](O)[C@@H](OC)O[C@@H]2CO[C@H]2O[C@H](CO[C@H]3O[C@H](CO)[C@@H](O)[C@H](O)[C@H]3O)[C@@H](OCCCCCC(=O)NCCOCCOCCCC(=O)C3CCC(CN4C(=O)CC(SC)C4=O)CC3)[C@H](O)[C@H]2O)nn1. The van der Waals surface area contributed by atoms with Crippen molar-refractivity contribution < 1.29 is 160 Å². The summed E-state index contributed by atoms with van der Waals surface area (Å²) in [5.74, 6) is -1.94. The van der Waals surface area contributed by atoms with Gasteiger partial charge in [0.15, 0.2) is 18.9 Å². The van der Waals surface area contributed by atoms with Gasteiger partial charge in [-0.05, 0) is 113 Å². The number of likely N-dealkylation sites (tertiary alicyclic amines) is 1. The lowest BCUT2D eigenvalue weighted by Crippen LogP contribution is -2.63. The first-order valence-electron chi connectivity index (χ1n) is 46.4. The number of carbonyl (C=O) groups excluding carboxylic acids is 9. The first kappa shape index (κ1) is 109. The molecule has 44 nitrogen and oxygen atoms in total. The van der Waals surface area contributed by atoms with Gasteiger partial charge in [-0.25, -0.2) is 14.5 Å². The van der Waals surface area contributed by atoms with Crippen LogP contribution in [0, 0.1) is 11.8 Å². The van der Waals surface area contributed by atoms with Crippen LogP contribution in [0.2, 0.25) is 0 Å². The van der Waals surface area contributed by atoms with Crippen molar-refractivity contribution in [2.45, 2.75) is 266 Å². The van der Waals surface area contributed by atoms with Gasteiger partial charge >= 0.3 is 11.9 Å². The van der Waals surface area contributed by atoms with Crippen LogP contribution < -0.4 is 26.8 Å². The minimum Gasteiger partial charge on any atom is -0.508 e. The quantitative estimate of drug-likeness (QED) is 0.0128. The molecule has 4 aromatic rings. The number of thioether (sulfide) groups is 1. The molecule has 5 fully saturated rings. The molecule has 4 saturated heterocycles. The third-order valence-electron chi connectivity index (χ3n) is 24.7. The largest absolute Gasteiger partial charge is 0.508 e. The number of aliphatic hydroxyl groups is 8. The van der Waals surface area contributed by atoms with Gasteiger partial charge in [-0.3, -0.25) is 48.1 Å². The topological polar surface area (TPSA) is 591 Å². The number of nitrogens with zero attached hydrogens (tertiary/aromatic N) is 6. The number of aryl methyl sites for hydroxylation is 1. The number of imide groups is 1. The Hall–Kier alpha value is -8.34. The normalized spacial score (nSPS) is 26.5. The number of aromatic nitrogens is 5. The van der Waals surface area contributed by atoms with E-state index in [9.17, 15) is 93.9 Å². The molecule has 1 unspecified atom stereocenters. The molecular formula is C90H134N10O34S. The lowest BCUT2D eigenvalue weighted by atomic mass is 9.79. The number of ketones is 1. The summed E-state index contributed by atoms with van der Waals surface area (Å²) >= 11 is 1.41. The van der Waals surface area contributed by atoms with Crippen LogP contribution in [0.1, 0.15) is 158 Å². The van der Waals surface area contributed by atoms with Gasteiger partial charge in [-0.15, -0.1) is 5.10 Å². The van der Waals surface area contributed by atoms with E-state index in [0.29, 0.717) is 151 Å². The fraction of sp³-hybridized carbons (Fsp3) is 0.722. The summed E-state index contributed by atoms with van der Waals surface area (Å²) in [5.41, 5.74) is 3.16. The van der Waals surface area contributed by atoms with Gasteiger partial charge in [0, 0.05) is 108 Å². The van der Waals surface area contributed by atoms with E-state index in [-0.39, 0.29) is 168 Å². The number of amides is 6. The Morgan fingerprint density at radius 2 is 1.22 bits per heavy atom. The summed E-state index contributed by atoms with van der Waals surface area (Å²) in [6.45, 7) is 7.52. The number of nitrogens with one attached hydrogen (secondary N) is 4. The molecule has 0 bridgehead atoms. The van der Waals surface area contributed by atoms with Crippen molar-refractivity contribution in [3.63, 3.8) is 0 Å². The summed E-state index contributed by atoms with van der Waals surface area (Å²) in [6, 6.07) is 6.78. The number of benzene rings is 1. The molecule has 1 aromatic carbocycles. The number of fused-ring (bicyclic) bond motifs is 5. The van der Waals surface area contributed by atoms with E-state index in [4.69, 9.17) is 76.0 Å². The Bertz CT molecular complexity index is 4560. The highest BCUT2D eigenvalue weighted by Crippen LogP contribution is 2.44. The summed E-state index contributed by atoms with van der Waals surface area (Å²) in [5, 5.41) is 116. The number of carbonyl (C=O) groups is 9. The van der Waals surface area contributed by atoms with E-state index in [0.717, 1.165) is 42.2 Å². The first-order valence-corrected chi connectivity index (χ1v) is 47.7. The second-order valence-electron chi connectivity index (χ2n) is 33.9. The summed E-state index contributed by atoms with van der Waals surface area (Å²) in [6.07, 6.45) is -10.4. The molecule has 13 N–H and O–H groups in total. The van der Waals surface area contributed by atoms with E-state index < -0.39 is 129 Å². The van der Waals surface area contributed by atoms with Crippen molar-refractivity contribution in [2.24, 2.45) is 11.8 Å². The van der Waals surface area contributed by atoms with Gasteiger partial charge in [0.25, 0.3) is 5.56 Å². The van der Waals surface area contributed by atoms with Crippen molar-refractivity contribution in [2.75, 3.05) is 139 Å². The van der Waals surface area contributed by atoms with Crippen molar-refractivity contribution in [1.82, 2.24) is 50.7 Å². The first-order chi connectivity index (χ1) is 65.1. The molecule has 1 saturated carbocycles. The zero-order valence-electron chi connectivity index (χ0n) is 77.4. The average Bonchev–Trinajstić information content (AvgIpc) is 1.65. The number of rotatable bonds is 55.